The van der Waals surface area contributed by atoms with Gasteiger partial charge in [0.15, 0.2) is 0 Å². The lowest BCUT2D eigenvalue weighted by Crippen LogP contribution is -2.57. The van der Waals surface area contributed by atoms with Crippen molar-refractivity contribution in [3.8, 4) is 0 Å². The minimum absolute atomic E-state index is 0.0515. The summed E-state index contributed by atoms with van der Waals surface area (Å²) in [7, 11) is 0. The number of amides is 3. The van der Waals surface area contributed by atoms with E-state index >= 15 is 0 Å². The molecule has 1 aromatic rings. The van der Waals surface area contributed by atoms with E-state index in [0.29, 0.717) is 5.69 Å². The number of hydrogen-bond donors (Lipinski definition) is 8. The first kappa shape index (κ1) is 30.0. The van der Waals surface area contributed by atoms with E-state index < -0.39 is 72.6 Å². The molecule has 1 heterocycles. The number of nitrogens with zero attached hydrogens (tertiary/aromatic N) is 1. The van der Waals surface area contributed by atoms with Gasteiger partial charge in [-0.2, -0.15) is 0 Å². The fourth-order valence-corrected chi connectivity index (χ4v) is 3.16. The van der Waals surface area contributed by atoms with Gasteiger partial charge in [-0.3, -0.25) is 24.0 Å². The van der Waals surface area contributed by atoms with Crippen LogP contribution in [0.15, 0.2) is 12.5 Å². The Balaban J connectivity index is 2.99. The van der Waals surface area contributed by atoms with Gasteiger partial charge in [-0.1, -0.05) is 13.8 Å². The topological polar surface area (TPSA) is 254 Å². The third kappa shape index (κ3) is 10.9. The Bertz CT molecular complexity index is 934. The lowest BCUT2D eigenvalue weighted by Gasteiger charge is -2.25. The van der Waals surface area contributed by atoms with Gasteiger partial charge in [0.25, 0.3) is 0 Å². The van der Waals surface area contributed by atoms with Crippen LogP contribution in [0.1, 0.15) is 45.2 Å². The number of imidazole rings is 1. The van der Waals surface area contributed by atoms with E-state index in [1.165, 1.54) is 12.5 Å². The van der Waals surface area contributed by atoms with E-state index in [9.17, 15) is 33.9 Å². The van der Waals surface area contributed by atoms with Gasteiger partial charge in [0.2, 0.25) is 17.7 Å². The molecule has 0 saturated heterocycles. The maximum absolute atomic E-state index is 13.0. The molecule has 200 valence electrons. The minimum Gasteiger partial charge on any atom is -0.481 e. The molecule has 0 fully saturated rings. The van der Waals surface area contributed by atoms with Crippen LogP contribution >= 0.6 is 0 Å². The number of hydrogen-bond acceptors (Lipinski definition) is 8. The number of H-pyrrole nitrogens is 1. The molecular weight excluding hydrogens is 480 g/mol. The third-order valence-corrected chi connectivity index (χ3v) is 4.94. The second kappa shape index (κ2) is 14.4. The van der Waals surface area contributed by atoms with Crippen LogP contribution in [0.3, 0.4) is 0 Å². The van der Waals surface area contributed by atoms with Crippen LogP contribution < -0.4 is 21.7 Å². The van der Waals surface area contributed by atoms with E-state index in [0.717, 1.165) is 0 Å². The number of aromatic nitrogens is 2. The molecule has 0 aliphatic carbocycles. The van der Waals surface area contributed by atoms with Gasteiger partial charge in [0.05, 0.1) is 18.8 Å². The second-order valence-corrected chi connectivity index (χ2v) is 8.57. The van der Waals surface area contributed by atoms with E-state index in [1.807, 2.05) is 0 Å². The highest BCUT2D eigenvalue weighted by Gasteiger charge is 2.31. The summed E-state index contributed by atoms with van der Waals surface area (Å²) < 4.78 is 0. The Morgan fingerprint density at radius 2 is 1.50 bits per heavy atom. The number of aliphatic carboxylic acids is 3. The molecule has 0 aliphatic heterocycles. The molecule has 1 aromatic heterocycles. The zero-order valence-electron chi connectivity index (χ0n) is 19.9. The number of carbonyl (C=O) groups excluding carboxylic acids is 3. The predicted octanol–water partition coefficient (Wildman–Crippen LogP) is -1.80. The summed E-state index contributed by atoms with van der Waals surface area (Å²) >= 11 is 0. The molecule has 0 bridgehead atoms. The predicted molar refractivity (Wildman–Crippen MR) is 122 cm³/mol. The maximum atomic E-state index is 13.0. The van der Waals surface area contributed by atoms with Crippen LogP contribution in [0.5, 0.6) is 0 Å². The average molecular weight is 513 g/mol. The number of rotatable bonds is 16. The SMILES string of the molecule is CC(C)CC(NC(=O)C(CCC(=O)O)NC(=O)C(N)Cc1cnc[nH]1)C(=O)NC(CC(=O)O)C(=O)O. The zero-order valence-corrected chi connectivity index (χ0v) is 19.9. The summed E-state index contributed by atoms with van der Waals surface area (Å²) in [4.78, 5) is 78.1. The first-order valence-electron chi connectivity index (χ1n) is 11.1. The van der Waals surface area contributed by atoms with Crippen molar-refractivity contribution in [1.29, 1.82) is 0 Å². The van der Waals surface area contributed by atoms with E-state index in [4.69, 9.17) is 15.9 Å². The summed E-state index contributed by atoms with van der Waals surface area (Å²) in [5, 5.41) is 34.0. The van der Waals surface area contributed by atoms with Gasteiger partial charge >= 0.3 is 17.9 Å². The maximum Gasteiger partial charge on any atom is 0.326 e. The Morgan fingerprint density at radius 3 is 2.00 bits per heavy atom. The number of carbonyl (C=O) groups is 6. The van der Waals surface area contributed by atoms with Crippen molar-refractivity contribution >= 4 is 35.6 Å². The molecule has 36 heavy (non-hydrogen) atoms. The van der Waals surface area contributed by atoms with Crippen molar-refractivity contribution in [2.24, 2.45) is 11.7 Å². The van der Waals surface area contributed by atoms with Gasteiger partial charge in [0.1, 0.15) is 18.1 Å². The van der Waals surface area contributed by atoms with Crippen LogP contribution in [0.4, 0.5) is 0 Å². The zero-order chi connectivity index (χ0) is 27.4. The molecular formula is C21H32N6O9. The number of aromatic amines is 1. The Morgan fingerprint density at radius 1 is 0.917 bits per heavy atom. The molecule has 0 radical (unpaired) electrons. The highest BCUT2D eigenvalue weighted by molar-refractivity contribution is 5.94. The fourth-order valence-electron chi connectivity index (χ4n) is 3.16. The van der Waals surface area contributed by atoms with E-state index in [1.54, 1.807) is 13.8 Å². The molecule has 15 heteroatoms. The number of nitrogens with one attached hydrogen (secondary N) is 4. The largest absolute Gasteiger partial charge is 0.481 e. The van der Waals surface area contributed by atoms with Crippen LogP contribution in [0, 0.1) is 5.92 Å². The summed E-state index contributed by atoms with van der Waals surface area (Å²) in [5.74, 6) is -6.97. The van der Waals surface area contributed by atoms with Crippen molar-refractivity contribution in [3.63, 3.8) is 0 Å². The normalized spacial score (nSPS) is 14.2. The lowest BCUT2D eigenvalue weighted by atomic mass is 10.0. The van der Waals surface area contributed by atoms with Gasteiger partial charge in [-0.05, 0) is 18.8 Å². The highest BCUT2D eigenvalue weighted by atomic mass is 16.4. The van der Waals surface area contributed by atoms with Gasteiger partial charge in [-0.15, -0.1) is 0 Å². The van der Waals surface area contributed by atoms with E-state index in [-0.39, 0.29) is 25.2 Å². The molecule has 0 saturated carbocycles. The lowest BCUT2D eigenvalue weighted by molar-refractivity contribution is -0.147. The number of carboxylic acids is 3. The summed E-state index contributed by atoms with van der Waals surface area (Å²) in [6.45, 7) is 3.47. The third-order valence-electron chi connectivity index (χ3n) is 4.94. The Hall–Kier alpha value is -4.01. The standard InChI is InChI=1S/C21H32N6O9/c1-10(2)5-14(20(34)27-15(21(35)36)7-17(30)31)26-19(33)13(3-4-16(28)29)25-18(32)12(22)6-11-8-23-9-24-11/h8-10,12-15H,3-7,22H2,1-2H3,(H,23,24)(H,25,32)(H,26,33)(H,27,34)(H,28,29)(H,30,31)(H,35,36). The van der Waals surface area contributed by atoms with Gasteiger partial charge < -0.3 is 42.0 Å². The minimum atomic E-state index is -1.73. The Labute approximate surface area is 206 Å². The van der Waals surface area contributed by atoms with Crippen molar-refractivity contribution in [3.05, 3.63) is 18.2 Å². The molecule has 0 spiro atoms. The second-order valence-electron chi connectivity index (χ2n) is 8.57. The smallest absolute Gasteiger partial charge is 0.326 e. The quantitative estimate of drug-likeness (QED) is 0.123. The van der Waals surface area contributed by atoms with Gasteiger partial charge in [-0.25, -0.2) is 9.78 Å². The van der Waals surface area contributed by atoms with Crippen LogP contribution in [-0.4, -0.2) is 85.1 Å². The molecule has 4 unspecified atom stereocenters. The van der Waals surface area contributed by atoms with Crippen LogP contribution in [-0.2, 0) is 35.2 Å². The first-order chi connectivity index (χ1) is 16.8. The summed E-state index contributed by atoms with van der Waals surface area (Å²) in [6, 6.07) is -5.47. The first-order valence-corrected chi connectivity index (χ1v) is 11.1. The highest BCUT2D eigenvalue weighted by Crippen LogP contribution is 2.08. The van der Waals surface area contributed by atoms with Crippen molar-refractivity contribution < 1.29 is 44.1 Å². The van der Waals surface area contributed by atoms with Crippen molar-refractivity contribution in [2.45, 2.75) is 70.1 Å². The summed E-state index contributed by atoms with van der Waals surface area (Å²) in [5.41, 5.74) is 6.44. The number of nitrogens with two attached hydrogens (primary N) is 1. The van der Waals surface area contributed by atoms with Crippen LogP contribution in [0.25, 0.3) is 0 Å². The average Bonchev–Trinajstić information content (AvgIpc) is 3.27. The molecule has 0 aromatic carbocycles. The molecule has 4 atom stereocenters. The molecule has 0 aliphatic rings. The van der Waals surface area contributed by atoms with Crippen LogP contribution in [0.2, 0.25) is 0 Å². The Kier molecular flexibility index (Phi) is 12.0. The fraction of sp³-hybridized carbons (Fsp3) is 0.571. The molecule has 3 amide bonds. The molecule has 9 N–H and O–H groups in total. The molecule has 15 nitrogen and oxygen atoms in total. The molecule has 1 rings (SSSR count). The summed E-state index contributed by atoms with van der Waals surface area (Å²) in [6.07, 6.45) is 1.31. The van der Waals surface area contributed by atoms with Crippen molar-refractivity contribution in [1.82, 2.24) is 25.9 Å². The monoisotopic (exact) mass is 512 g/mol. The van der Waals surface area contributed by atoms with Crippen molar-refractivity contribution in [2.75, 3.05) is 0 Å². The van der Waals surface area contributed by atoms with E-state index in [2.05, 4.69) is 25.9 Å². The van der Waals surface area contributed by atoms with Gasteiger partial charge in [0, 0.05) is 24.7 Å². The number of carboxylic acid groups (broad SMARTS) is 3.